The number of benzene rings is 3. The summed E-state index contributed by atoms with van der Waals surface area (Å²) in [6.45, 7) is 16.8. The van der Waals surface area contributed by atoms with Crippen LogP contribution in [0.1, 0.15) is 94.4 Å². The number of halogens is 1. The molecule has 7 N–H and O–H groups in total. The first-order chi connectivity index (χ1) is 35.9. The number of piperazine rings is 1. The summed E-state index contributed by atoms with van der Waals surface area (Å²) in [5, 5.41) is 77.9. The molecule has 406 valence electrons. The quantitative estimate of drug-likeness (QED) is 0.0317. The molecule has 0 unspecified atom stereocenters. The monoisotopic (exact) mass is 1050 g/mol. The normalized spacial score (nSPS) is 28.3. The Morgan fingerprint density at radius 1 is 0.947 bits per heavy atom. The fourth-order valence-corrected chi connectivity index (χ4v) is 10.5. The molecule has 1 aromatic heterocycles. The molecule has 1 aliphatic carbocycles. The number of aromatic nitrogens is 1. The van der Waals surface area contributed by atoms with Crippen LogP contribution in [0, 0.1) is 36.4 Å². The van der Waals surface area contributed by atoms with E-state index in [2.05, 4.69) is 17.0 Å². The lowest BCUT2D eigenvalue weighted by molar-refractivity contribution is -0.160. The van der Waals surface area contributed by atoms with Crippen LogP contribution in [-0.2, 0) is 23.8 Å². The first kappa shape index (κ1) is 54.8. The van der Waals surface area contributed by atoms with Gasteiger partial charge in [-0.25, -0.2) is 4.39 Å². The predicted octanol–water partition coefficient (Wildman–Crippen LogP) is 7.23. The summed E-state index contributed by atoms with van der Waals surface area (Å²) in [4.78, 5) is 56.3. The Hall–Kier alpha value is -7.42. The molecule has 2 fully saturated rings. The molecule has 1 saturated heterocycles. The molecule has 5 aliphatic rings. The predicted molar refractivity (Wildman–Crippen MR) is 283 cm³/mol. The van der Waals surface area contributed by atoms with Crippen molar-refractivity contribution in [2.45, 2.75) is 104 Å². The second-order valence-corrected chi connectivity index (χ2v) is 20.6. The number of ketones is 1. The van der Waals surface area contributed by atoms with Crippen LogP contribution in [0.2, 0.25) is 0 Å². The lowest BCUT2D eigenvalue weighted by Crippen LogP contribution is -2.46. The van der Waals surface area contributed by atoms with Gasteiger partial charge in [0.05, 0.1) is 82.8 Å². The van der Waals surface area contributed by atoms with Gasteiger partial charge in [-0.05, 0) is 44.9 Å². The topological polar surface area (TPSA) is 262 Å². The smallest absolute Gasteiger partial charge is 0.312 e. The maximum Gasteiger partial charge on any atom is 0.312 e. The van der Waals surface area contributed by atoms with Crippen molar-refractivity contribution < 1.29 is 68.4 Å². The number of amides is 1. The SMILES string of the molecule is C=C(O)c1cn(C2CC2)c2cc(N3CCN(/N=C/c4c5c(O)c6c(O)c(C)c7c(c6c4O)C(=O)[C@@](C)(O/C=C/[C@H](OC)[C@@H](C)[C@@H](OC(C)=O)[C@H](C)[C@H](O)[C@H](C)[C@@H](O)[C@@H](C)/C=C/C=C(/C)C(=O)N5)O7)CC3)c(F)cc2c1=O. The van der Waals surface area contributed by atoms with E-state index in [9.17, 15) is 49.8 Å². The minimum atomic E-state index is -2.13. The Kier molecular flexibility index (Phi) is 15.4. The number of pyridine rings is 1. The average Bonchev–Trinajstić information content (AvgIpc) is 4.20. The van der Waals surface area contributed by atoms with Crippen molar-refractivity contribution in [3.05, 3.63) is 99.3 Å². The van der Waals surface area contributed by atoms with Gasteiger partial charge in [-0.15, -0.1) is 0 Å². The number of fused-ring (bicyclic) bond motifs is 15. The largest absolute Gasteiger partial charge is 0.508 e. The van der Waals surface area contributed by atoms with E-state index in [0.717, 1.165) is 12.8 Å². The molecule has 1 saturated carbocycles. The zero-order chi connectivity index (χ0) is 55.4. The maximum absolute atomic E-state index is 15.9. The number of aromatic hydroxyl groups is 3. The zero-order valence-electron chi connectivity index (χ0n) is 44.0. The van der Waals surface area contributed by atoms with E-state index in [1.54, 1.807) is 62.0 Å². The van der Waals surface area contributed by atoms with Crippen LogP contribution >= 0.6 is 0 Å². The lowest BCUT2D eigenvalue weighted by Gasteiger charge is -2.38. The van der Waals surface area contributed by atoms with Crippen LogP contribution < -0.4 is 20.4 Å². The molecule has 20 heteroatoms. The number of Topliss-reactive ketones (excluding diaryl/α,β-unsaturated/α-hetero) is 1. The van der Waals surface area contributed by atoms with Crippen LogP contribution in [0.15, 0.2) is 70.9 Å². The van der Waals surface area contributed by atoms with Gasteiger partial charge in [0, 0.05) is 91.9 Å². The maximum atomic E-state index is 15.9. The highest BCUT2D eigenvalue weighted by molar-refractivity contribution is 6.24. The second kappa shape index (κ2) is 21.3. The van der Waals surface area contributed by atoms with Crippen LogP contribution in [-0.4, -0.2) is 128 Å². The van der Waals surface area contributed by atoms with Gasteiger partial charge in [0.25, 0.3) is 11.7 Å². The minimum Gasteiger partial charge on any atom is -0.508 e. The van der Waals surface area contributed by atoms with E-state index < -0.39 is 106 Å². The molecule has 76 heavy (non-hydrogen) atoms. The standard InChI is InChI=1S/C56H66FN5O14/c1-26-12-11-13-27(2)55(72)59-45-36(24-58-61-19-17-60(18-20-61)40-23-39-35(22-38(40)57)49(68)37(32(7)63)25-62(39)34-14-15-34)50(69)42-43(51(45)70)48(67)31(6)53-44(42)54(71)56(9,76-53)74-21-16-41(73-10)28(3)52(75-33(8)64)30(5)47(66)29(4)46(26)65/h11-13,16,21-26,28-30,34,41,46-47,52,63,65-67,69-70H,7,14-15,17-20H2,1-6,8-10H3,(H,59,72)/b12-11+,21-16+,27-13-,58-24+/t26-,28+,29+,30+,41-,46-,47+,52+,56-/m0/s1. The number of rotatable bonds is 7. The van der Waals surface area contributed by atoms with E-state index in [1.807, 2.05) is 4.57 Å². The number of allylic oxidation sites excluding steroid dienone is 2. The van der Waals surface area contributed by atoms with Gasteiger partial charge < -0.3 is 64.4 Å². The third-order valence-corrected chi connectivity index (χ3v) is 15.3. The zero-order valence-corrected chi connectivity index (χ0v) is 44.0. The summed E-state index contributed by atoms with van der Waals surface area (Å²) in [7, 11) is 1.42. The molecule has 9 atom stereocenters. The molecule has 4 aromatic rings. The number of phenols is 3. The first-order valence-corrected chi connectivity index (χ1v) is 25.3. The minimum absolute atomic E-state index is 0.00199. The fraction of sp³-hybridized carbons (Fsp3) is 0.446. The van der Waals surface area contributed by atoms with E-state index in [1.165, 1.54) is 65.5 Å². The Bertz CT molecular complexity index is 3210. The first-order valence-electron chi connectivity index (χ1n) is 25.3. The lowest BCUT2D eigenvalue weighted by atomic mass is 9.78. The van der Waals surface area contributed by atoms with Crippen molar-refractivity contribution in [2.24, 2.45) is 28.8 Å². The number of aliphatic hydroxyl groups excluding tert-OH is 3. The summed E-state index contributed by atoms with van der Waals surface area (Å²) in [5.74, 6) is -10.2. The van der Waals surface area contributed by atoms with Gasteiger partial charge in [0.15, 0.2) is 11.2 Å². The molecule has 5 heterocycles. The number of aliphatic hydroxyl groups is 3. The molecule has 5 bridgehead atoms. The van der Waals surface area contributed by atoms with E-state index in [0.29, 0.717) is 5.52 Å². The number of nitrogens with one attached hydrogen (secondary N) is 1. The van der Waals surface area contributed by atoms with Crippen LogP contribution in [0.3, 0.4) is 0 Å². The number of carbonyl (C=O) groups is 3. The fourth-order valence-electron chi connectivity index (χ4n) is 10.5. The number of nitrogens with zero attached hydrogens (tertiary/aromatic N) is 4. The second-order valence-electron chi connectivity index (χ2n) is 20.6. The number of hydrazone groups is 1. The number of ether oxygens (including phenoxy) is 4. The van der Waals surface area contributed by atoms with Gasteiger partial charge >= 0.3 is 11.8 Å². The number of phenolic OH excluding ortho intramolecular Hbond substituents is 3. The van der Waals surface area contributed by atoms with Gasteiger partial charge in [0.2, 0.25) is 0 Å². The number of hydrogen-bond donors (Lipinski definition) is 7. The molecule has 0 spiro atoms. The van der Waals surface area contributed by atoms with E-state index >= 15 is 4.39 Å². The van der Waals surface area contributed by atoms with Crippen LogP contribution in [0.4, 0.5) is 15.8 Å². The van der Waals surface area contributed by atoms with Crippen LogP contribution in [0.5, 0.6) is 23.0 Å². The van der Waals surface area contributed by atoms with E-state index in [4.69, 9.17) is 18.9 Å². The molecular weight excluding hydrogens is 986 g/mol. The van der Waals surface area contributed by atoms with Gasteiger partial charge in [0.1, 0.15) is 34.9 Å². The number of methoxy groups -OCH3 is 1. The van der Waals surface area contributed by atoms with Gasteiger partial charge in [-0.3, -0.25) is 24.2 Å². The van der Waals surface area contributed by atoms with Gasteiger partial charge in [-0.2, -0.15) is 5.10 Å². The number of esters is 1. The summed E-state index contributed by atoms with van der Waals surface area (Å²) in [6, 6.07) is 2.89. The molecular formula is C56H66FN5O14. The van der Waals surface area contributed by atoms with Crippen molar-refractivity contribution >= 4 is 62.7 Å². The van der Waals surface area contributed by atoms with Crippen molar-refractivity contribution in [1.29, 1.82) is 0 Å². The number of anilines is 2. The van der Waals surface area contributed by atoms with Crippen molar-refractivity contribution in [2.75, 3.05) is 43.5 Å². The summed E-state index contributed by atoms with van der Waals surface area (Å²) in [5.41, 5.74) is -0.539. The average molecular weight is 1050 g/mol. The number of hydrogen-bond acceptors (Lipinski definition) is 17. The summed E-state index contributed by atoms with van der Waals surface area (Å²) >= 11 is 0. The van der Waals surface area contributed by atoms with Crippen molar-refractivity contribution in [3.8, 4) is 23.0 Å². The molecule has 9 rings (SSSR count). The third kappa shape index (κ3) is 10.1. The summed E-state index contributed by atoms with van der Waals surface area (Å²) < 4.78 is 41.6. The Balaban J connectivity index is 1.18. The Labute approximate surface area is 438 Å². The Morgan fingerprint density at radius 3 is 2.26 bits per heavy atom. The third-order valence-electron chi connectivity index (χ3n) is 15.3. The highest BCUT2D eigenvalue weighted by atomic mass is 19.1. The number of carbonyl (C=O) groups excluding carboxylic acids is 3. The highest BCUT2D eigenvalue weighted by Crippen LogP contribution is 2.55. The van der Waals surface area contributed by atoms with Crippen molar-refractivity contribution in [3.63, 3.8) is 0 Å². The molecule has 3 aromatic carbocycles. The molecule has 0 radical (unpaired) electrons. The molecule has 4 aliphatic heterocycles. The van der Waals surface area contributed by atoms with Crippen LogP contribution in [0.25, 0.3) is 27.4 Å². The molecule has 1 amide bonds. The molecule has 19 nitrogen and oxygen atoms in total. The van der Waals surface area contributed by atoms with Crippen molar-refractivity contribution in [1.82, 2.24) is 9.58 Å². The Morgan fingerprint density at radius 2 is 1.63 bits per heavy atom. The summed E-state index contributed by atoms with van der Waals surface area (Å²) in [6.07, 6.45) is 7.68. The van der Waals surface area contributed by atoms with E-state index in [-0.39, 0.29) is 93.3 Å². The highest BCUT2D eigenvalue weighted by Gasteiger charge is 2.50. The van der Waals surface area contributed by atoms with Gasteiger partial charge in [-0.1, -0.05) is 52.5 Å².